The van der Waals surface area contributed by atoms with Crippen LogP contribution in [0.15, 0.2) is 36.4 Å². The van der Waals surface area contributed by atoms with E-state index >= 15 is 0 Å². The van der Waals surface area contributed by atoms with Gasteiger partial charge in [0, 0.05) is 11.4 Å². The van der Waals surface area contributed by atoms with E-state index in [0.29, 0.717) is 0 Å². The molecule has 0 radical (unpaired) electrons. The Morgan fingerprint density at radius 1 is 1.11 bits per heavy atom. The van der Waals surface area contributed by atoms with Crippen LogP contribution in [0, 0.1) is 11.3 Å². The second kappa shape index (κ2) is 5.73. The molecule has 0 heterocycles. The van der Waals surface area contributed by atoms with Crippen LogP contribution in [0.5, 0.6) is 5.75 Å². The smallest absolute Gasteiger partial charge is 0.126 e. The number of hydrogen-bond donors (Lipinski definition) is 1. The number of hydrogen-bond acceptors (Lipinski definition) is 3. The van der Waals surface area contributed by atoms with E-state index in [-0.39, 0.29) is 12.1 Å². The topological polar surface area (TPSA) is 45.0 Å². The molecule has 0 aliphatic rings. The highest BCUT2D eigenvalue weighted by molar-refractivity contribution is 5.91. The van der Waals surface area contributed by atoms with Gasteiger partial charge in [-0.25, -0.2) is 0 Å². The van der Waals surface area contributed by atoms with E-state index in [9.17, 15) is 5.26 Å². The van der Waals surface area contributed by atoms with Crippen molar-refractivity contribution in [3.05, 3.63) is 42.0 Å². The molecule has 0 aliphatic carbocycles. The number of methoxy groups -OCH3 is 1. The monoisotopic (exact) mass is 254 g/mol. The summed E-state index contributed by atoms with van der Waals surface area (Å²) >= 11 is 0. The summed E-state index contributed by atoms with van der Waals surface area (Å²) in [6.45, 7) is 4.08. The van der Waals surface area contributed by atoms with Crippen LogP contribution in [0.25, 0.3) is 10.8 Å². The number of nitrogens with zero attached hydrogens (tertiary/aromatic N) is 1. The summed E-state index contributed by atoms with van der Waals surface area (Å²) in [4.78, 5) is 0. The summed E-state index contributed by atoms with van der Waals surface area (Å²) in [5.41, 5.74) is 0.993. The molecule has 0 saturated heterocycles. The molecule has 1 atom stereocenters. The van der Waals surface area contributed by atoms with Crippen molar-refractivity contribution >= 4 is 10.8 Å². The molecule has 2 aromatic carbocycles. The molecule has 0 amide bonds. The summed E-state index contributed by atoms with van der Waals surface area (Å²) in [5, 5.41) is 14.7. The largest absolute Gasteiger partial charge is 0.496 e. The third-order valence-electron chi connectivity index (χ3n) is 3.08. The quantitative estimate of drug-likeness (QED) is 0.909. The normalized spacial score (nSPS) is 12.4. The molecule has 0 aliphatic heterocycles. The molecule has 2 aromatic rings. The summed E-state index contributed by atoms with van der Waals surface area (Å²) in [6.07, 6.45) is 0. The number of ether oxygens (including phenoxy) is 1. The maximum atomic E-state index is 9.37. The Morgan fingerprint density at radius 2 is 1.79 bits per heavy atom. The zero-order chi connectivity index (χ0) is 13.8. The third kappa shape index (κ3) is 2.69. The number of nitrogens with one attached hydrogen (secondary N) is 1. The SMILES string of the molecule is COc1ccc(C(C#N)NC(C)C)c2ccccc12. The summed E-state index contributed by atoms with van der Waals surface area (Å²) in [7, 11) is 1.66. The molecule has 0 bridgehead atoms. The minimum absolute atomic E-state index is 0.255. The van der Waals surface area contributed by atoms with Crippen LogP contribution < -0.4 is 10.1 Å². The van der Waals surface area contributed by atoms with Gasteiger partial charge in [0.15, 0.2) is 0 Å². The van der Waals surface area contributed by atoms with E-state index < -0.39 is 0 Å². The maximum absolute atomic E-state index is 9.37. The van der Waals surface area contributed by atoms with Gasteiger partial charge in [-0.05, 0) is 30.9 Å². The lowest BCUT2D eigenvalue weighted by Crippen LogP contribution is -2.27. The lowest BCUT2D eigenvalue weighted by molar-refractivity contribution is 0.419. The van der Waals surface area contributed by atoms with E-state index in [0.717, 1.165) is 22.1 Å². The van der Waals surface area contributed by atoms with Crippen LogP contribution in [0.1, 0.15) is 25.5 Å². The van der Waals surface area contributed by atoms with Crippen LogP contribution >= 0.6 is 0 Å². The number of fused-ring (bicyclic) bond motifs is 1. The molecule has 0 aromatic heterocycles. The van der Waals surface area contributed by atoms with Gasteiger partial charge in [-0.2, -0.15) is 5.26 Å². The van der Waals surface area contributed by atoms with Crippen molar-refractivity contribution in [1.82, 2.24) is 5.32 Å². The second-order valence-electron chi connectivity index (χ2n) is 4.79. The van der Waals surface area contributed by atoms with E-state index in [2.05, 4.69) is 11.4 Å². The predicted molar refractivity (Wildman–Crippen MR) is 77.1 cm³/mol. The Labute approximate surface area is 113 Å². The van der Waals surface area contributed by atoms with Crippen molar-refractivity contribution < 1.29 is 4.74 Å². The summed E-state index contributed by atoms with van der Waals surface area (Å²) < 4.78 is 5.37. The Kier molecular flexibility index (Phi) is 4.03. The van der Waals surface area contributed by atoms with E-state index in [1.165, 1.54) is 0 Å². The van der Waals surface area contributed by atoms with Crippen molar-refractivity contribution in [3.63, 3.8) is 0 Å². The molecule has 2 rings (SSSR count). The van der Waals surface area contributed by atoms with Crippen LogP contribution in [-0.2, 0) is 0 Å². The van der Waals surface area contributed by atoms with E-state index in [4.69, 9.17) is 4.74 Å². The predicted octanol–water partition coefficient (Wildman–Crippen LogP) is 3.41. The fourth-order valence-corrected chi connectivity index (χ4v) is 2.25. The lowest BCUT2D eigenvalue weighted by atomic mass is 9.98. The van der Waals surface area contributed by atoms with E-state index in [1.54, 1.807) is 7.11 Å². The Hall–Kier alpha value is -2.05. The molecule has 3 nitrogen and oxygen atoms in total. The minimum Gasteiger partial charge on any atom is -0.496 e. The molecule has 0 saturated carbocycles. The first-order chi connectivity index (χ1) is 9.17. The number of benzene rings is 2. The highest BCUT2D eigenvalue weighted by Crippen LogP contribution is 2.31. The maximum Gasteiger partial charge on any atom is 0.126 e. The fraction of sp³-hybridized carbons (Fsp3) is 0.312. The molecular formula is C16H18N2O. The number of nitriles is 1. The minimum atomic E-state index is -0.309. The summed E-state index contributed by atoms with van der Waals surface area (Å²) in [5.74, 6) is 0.834. The van der Waals surface area contributed by atoms with Crippen molar-refractivity contribution in [3.8, 4) is 11.8 Å². The van der Waals surface area contributed by atoms with Gasteiger partial charge in [0.05, 0.1) is 13.2 Å². The third-order valence-corrected chi connectivity index (χ3v) is 3.08. The Bertz CT molecular complexity index is 614. The van der Waals surface area contributed by atoms with Gasteiger partial charge in [0.1, 0.15) is 11.8 Å². The van der Waals surface area contributed by atoms with Gasteiger partial charge in [-0.1, -0.05) is 30.3 Å². The highest BCUT2D eigenvalue weighted by Gasteiger charge is 2.15. The first kappa shape index (κ1) is 13.4. The lowest BCUT2D eigenvalue weighted by Gasteiger charge is -2.18. The van der Waals surface area contributed by atoms with Crippen LogP contribution in [0.4, 0.5) is 0 Å². The van der Waals surface area contributed by atoms with E-state index in [1.807, 2.05) is 50.2 Å². The molecular weight excluding hydrogens is 236 g/mol. The standard InChI is InChI=1S/C16H18N2O/c1-11(2)18-15(10-17)13-8-9-16(19-3)14-7-5-4-6-12(13)14/h4-9,11,15,18H,1-3H3. The molecule has 1 unspecified atom stereocenters. The van der Waals surface area contributed by atoms with Gasteiger partial charge in [0.25, 0.3) is 0 Å². The number of rotatable bonds is 4. The zero-order valence-corrected chi connectivity index (χ0v) is 11.5. The molecule has 19 heavy (non-hydrogen) atoms. The van der Waals surface area contributed by atoms with Gasteiger partial charge >= 0.3 is 0 Å². The molecule has 0 fully saturated rings. The average molecular weight is 254 g/mol. The van der Waals surface area contributed by atoms with Crippen molar-refractivity contribution in [2.75, 3.05) is 7.11 Å². The van der Waals surface area contributed by atoms with Crippen molar-refractivity contribution in [1.29, 1.82) is 5.26 Å². The molecule has 3 heteroatoms. The first-order valence-electron chi connectivity index (χ1n) is 6.38. The van der Waals surface area contributed by atoms with Crippen molar-refractivity contribution in [2.45, 2.75) is 25.9 Å². The van der Waals surface area contributed by atoms with Gasteiger partial charge in [0.2, 0.25) is 0 Å². The zero-order valence-electron chi connectivity index (χ0n) is 11.5. The van der Waals surface area contributed by atoms with Gasteiger partial charge in [-0.3, -0.25) is 5.32 Å². The van der Waals surface area contributed by atoms with Gasteiger partial charge in [-0.15, -0.1) is 0 Å². The first-order valence-corrected chi connectivity index (χ1v) is 6.38. The molecule has 98 valence electrons. The van der Waals surface area contributed by atoms with Crippen LogP contribution in [0.3, 0.4) is 0 Å². The van der Waals surface area contributed by atoms with Crippen LogP contribution in [0.2, 0.25) is 0 Å². The van der Waals surface area contributed by atoms with Crippen molar-refractivity contribution in [2.24, 2.45) is 0 Å². The summed E-state index contributed by atoms with van der Waals surface area (Å²) in [6, 6.07) is 14.2. The second-order valence-corrected chi connectivity index (χ2v) is 4.79. The Morgan fingerprint density at radius 3 is 2.37 bits per heavy atom. The van der Waals surface area contributed by atoms with Crippen LogP contribution in [-0.4, -0.2) is 13.2 Å². The highest BCUT2D eigenvalue weighted by atomic mass is 16.5. The molecule has 0 spiro atoms. The molecule has 1 N–H and O–H groups in total. The average Bonchev–Trinajstić information content (AvgIpc) is 2.43. The fourth-order valence-electron chi connectivity index (χ4n) is 2.25. The Balaban J connectivity index is 2.58. The van der Waals surface area contributed by atoms with Gasteiger partial charge < -0.3 is 4.74 Å².